The SMILES string of the molecule is CC(C)CNCCCCc1cc(Cl)c2c(c1)OCCCO2. The van der Waals surface area contributed by atoms with Crippen molar-refractivity contribution in [3.63, 3.8) is 0 Å². The molecule has 0 fully saturated rings. The van der Waals surface area contributed by atoms with Crippen LogP contribution < -0.4 is 14.8 Å². The lowest BCUT2D eigenvalue weighted by molar-refractivity contribution is 0.297. The van der Waals surface area contributed by atoms with Crippen molar-refractivity contribution in [3.8, 4) is 11.5 Å². The van der Waals surface area contributed by atoms with Crippen LogP contribution in [-0.4, -0.2) is 26.3 Å². The number of ether oxygens (including phenoxy) is 2. The first-order chi connectivity index (χ1) is 10.2. The number of rotatable bonds is 7. The summed E-state index contributed by atoms with van der Waals surface area (Å²) in [6.45, 7) is 8.01. The molecule has 0 aromatic heterocycles. The number of nitrogens with one attached hydrogen (secondary N) is 1. The van der Waals surface area contributed by atoms with Gasteiger partial charge < -0.3 is 14.8 Å². The molecule has 0 aliphatic carbocycles. The highest BCUT2D eigenvalue weighted by atomic mass is 35.5. The van der Waals surface area contributed by atoms with E-state index in [1.165, 1.54) is 12.0 Å². The fraction of sp³-hybridized carbons (Fsp3) is 0.647. The third kappa shape index (κ3) is 5.40. The number of fused-ring (bicyclic) bond motifs is 1. The predicted octanol–water partition coefficient (Wildman–Crippen LogP) is 4.07. The van der Waals surface area contributed by atoms with E-state index in [2.05, 4.69) is 25.2 Å². The molecule has 0 amide bonds. The highest BCUT2D eigenvalue weighted by Crippen LogP contribution is 2.38. The van der Waals surface area contributed by atoms with Gasteiger partial charge in [0.05, 0.1) is 18.2 Å². The normalized spacial score (nSPS) is 14.3. The molecule has 21 heavy (non-hydrogen) atoms. The first-order valence-corrected chi connectivity index (χ1v) is 8.33. The highest BCUT2D eigenvalue weighted by molar-refractivity contribution is 6.32. The Balaban J connectivity index is 1.81. The van der Waals surface area contributed by atoms with E-state index in [-0.39, 0.29) is 0 Å². The molecular formula is C17H26ClNO2. The van der Waals surface area contributed by atoms with Crippen molar-refractivity contribution >= 4 is 11.6 Å². The first kappa shape index (κ1) is 16.4. The Kier molecular flexibility index (Phi) is 6.65. The van der Waals surface area contributed by atoms with E-state index in [0.717, 1.165) is 38.1 Å². The molecule has 0 bridgehead atoms. The van der Waals surface area contributed by atoms with Crippen molar-refractivity contribution in [2.45, 2.75) is 39.5 Å². The Morgan fingerprint density at radius 1 is 1.19 bits per heavy atom. The van der Waals surface area contributed by atoms with Crippen LogP contribution in [0.5, 0.6) is 11.5 Å². The van der Waals surface area contributed by atoms with Crippen molar-refractivity contribution in [2.24, 2.45) is 5.92 Å². The van der Waals surface area contributed by atoms with E-state index in [0.29, 0.717) is 29.9 Å². The van der Waals surface area contributed by atoms with Crippen LogP contribution in [0.2, 0.25) is 5.02 Å². The first-order valence-electron chi connectivity index (χ1n) is 7.95. The molecule has 0 unspecified atom stereocenters. The second kappa shape index (κ2) is 8.50. The molecule has 0 saturated carbocycles. The molecular weight excluding hydrogens is 286 g/mol. The summed E-state index contributed by atoms with van der Waals surface area (Å²) in [7, 11) is 0. The van der Waals surface area contributed by atoms with Gasteiger partial charge in [-0.05, 0) is 56.0 Å². The lowest BCUT2D eigenvalue weighted by Crippen LogP contribution is -2.20. The Morgan fingerprint density at radius 2 is 2.00 bits per heavy atom. The zero-order valence-corrected chi connectivity index (χ0v) is 13.8. The summed E-state index contributed by atoms with van der Waals surface area (Å²) in [4.78, 5) is 0. The van der Waals surface area contributed by atoms with Gasteiger partial charge in [0.15, 0.2) is 11.5 Å². The van der Waals surface area contributed by atoms with Gasteiger partial charge in [-0.1, -0.05) is 25.4 Å². The highest BCUT2D eigenvalue weighted by Gasteiger charge is 2.15. The van der Waals surface area contributed by atoms with Crippen molar-refractivity contribution in [1.29, 1.82) is 0 Å². The van der Waals surface area contributed by atoms with Gasteiger partial charge in [0.2, 0.25) is 0 Å². The third-order valence-corrected chi connectivity index (χ3v) is 3.76. The van der Waals surface area contributed by atoms with Gasteiger partial charge in [-0.25, -0.2) is 0 Å². The molecule has 0 spiro atoms. The van der Waals surface area contributed by atoms with Crippen LogP contribution in [0.3, 0.4) is 0 Å². The molecule has 0 radical (unpaired) electrons. The molecule has 1 aromatic rings. The molecule has 4 heteroatoms. The van der Waals surface area contributed by atoms with Crippen molar-refractivity contribution in [2.75, 3.05) is 26.3 Å². The molecule has 0 atom stereocenters. The monoisotopic (exact) mass is 311 g/mol. The minimum atomic E-state index is 0.669. The van der Waals surface area contributed by atoms with E-state index in [4.69, 9.17) is 21.1 Å². The van der Waals surface area contributed by atoms with E-state index in [9.17, 15) is 0 Å². The Hall–Kier alpha value is -0.930. The van der Waals surface area contributed by atoms with Gasteiger partial charge in [0.1, 0.15) is 0 Å². The van der Waals surface area contributed by atoms with Crippen LogP contribution in [0.1, 0.15) is 38.7 Å². The van der Waals surface area contributed by atoms with Crippen molar-refractivity contribution in [3.05, 3.63) is 22.7 Å². The number of unbranched alkanes of at least 4 members (excludes halogenated alkanes) is 1. The Bertz CT molecular complexity index is 449. The molecule has 1 heterocycles. The molecule has 0 saturated heterocycles. The maximum atomic E-state index is 6.30. The summed E-state index contributed by atoms with van der Waals surface area (Å²) >= 11 is 6.30. The van der Waals surface area contributed by atoms with E-state index < -0.39 is 0 Å². The van der Waals surface area contributed by atoms with Crippen LogP contribution in [0, 0.1) is 5.92 Å². The summed E-state index contributed by atoms with van der Waals surface area (Å²) in [6.07, 6.45) is 4.27. The van der Waals surface area contributed by atoms with E-state index in [1.54, 1.807) is 0 Å². The molecule has 1 aromatic carbocycles. The Labute approximate surface area is 133 Å². The Morgan fingerprint density at radius 3 is 2.81 bits per heavy atom. The average Bonchev–Trinajstić information content (AvgIpc) is 2.68. The summed E-state index contributed by atoms with van der Waals surface area (Å²) in [5, 5.41) is 4.14. The van der Waals surface area contributed by atoms with Crippen molar-refractivity contribution in [1.82, 2.24) is 5.32 Å². The molecule has 1 N–H and O–H groups in total. The van der Waals surface area contributed by atoms with Crippen LogP contribution in [-0.2, 0) is 6.42 Å². The fourth-order valence-electron chi connectivity index (χ4n) is 2.40. The zero-order chi connectivity index (χ0) is 15.1. The zero-order valence-electron chi connectivity index (χ0n) is 13.1. The number of benzene rings is 1. The summed E-state index contributed by atoms with van der Waals surface area (Å²) < 4.78 is 11.4. The quantitative estimate of drug-likeness (QED) is 0.770. The largest absolute Gasteiger partial charge is 0.489 e. The van der Waals surface area contributed by atoms with E-state index >= 15 is 0 Å². The number of aryl methyl sites for hydroxylation is 1. The second-order valence-corrected chi connectivity index (χ2v) is 6.42. The standard InChI is InChI=1S/C17H26ClNO2/c1-13(2)12-19-7-4-3-6-14-10-15(18)17-16(11-14)20-8-5-9-21-17/h10-11,13,19H,3-9,12H2,1-2H3. The maximum absolute atomic E-state index is 6.30. The van der Waals surface area contributed by atoms with Gasteiger partial charge in [-0.15, -0.1) is 0 Å². The lowest BCUT2D eigenvalue weighted by Gasteiger charge is -2.12. The lowest BCUT2D eigenvalue weighted by atomic mass is 10.1. The van der Waals surface area contributed by atoms with Gasteiger partial charge in [-0.3, -0.25) is 0 Å². The summed E-state index contributed by atoms with van der Waals surface area (Å²) in [5.74, 6) is 2.22. The van der Waals surface area contributed by atoms with Crippen LogP contribution in [0.15, 0.2) is 12.1 Å². The summed E-state index contributed by atoms with van der Waals surface area (Å²) in [6, 6.07) is 4.09. The fourth-order valence-corrected chi connectivity index (χ4v) is 2.69. The topological polar surface area (TPSA) is 30.5 Å². The van der Waals surface area contributed by atoms with E-state index in [1.807, 2.05) is 6.07 Å². The van der Waals surface area contributed by atoms with Gasteiger partial charge >= 0.3 is 0 Å². The smallest absolute Gasteiger partial charge is 0.179 e. The van der Waals surface area contributed by atoms with Crippen molar-refractivity contribution < 1.29 is 9.47 Å². The van der Waals surface area contributed by atoms with Crippen LogP contribution >= 0.6 is 11.6 Å². The molecule has 1 aliphatic rings. The molecule has 118 valence electrons. The number of hydrogen-bond donors (Lipinski definition) is 1. The third-order valence-electron chi connectivity index (χ3n) is 3.48. The van der Waals surface area contributed by atoms with Crippen LogP contribution in [0.4, 0.5) is 0 Å². The number of halogens is 1. The average molecular weight is 312 g/mol. The molecule has 3 nitrogen and oxygen atoms in total. The minimum Gasteiger partial charge on any atom is -0.489 e. The summed E-state index contributed by atoms with van der Waals surface area (Å²) in [5.41, 5.74) is 1.23. The molecule has 2 rings (SSSR count). The van der Waals surface area contributed by atoms with Gasteiger partial charge in [-0.2, -0.15) is 0 Å². The van der Waals surface area contributed by atoms with Gasteiger partial charge in [0.25, 0.3) is 0 Å². The maximum Gasteiger partial charge on any atom is 0.179 e. The molecule has 1 aliphatic heterocycles. The predicted molar refractivity (Wildman–Crippen MR) is 87.7 cm³/mol. The van der Waals surface area contributed by atoms with Crippen LogP contribution in [0.25, 0.3) is 0 Å². The number of hydrogen-bond acceptors (Lipinski definition) is 3. The van der Waals surface area contributed by atoms with Gasteiger partial charge in [0, 0.05) is 6.42 Å². The second-order valence-electron chi connectivity index (χ2n) is 6.01. The minimum absolute atomic E-state index is 0.669.